The molecule has 0 spiro atoms. The van der Waals surface area contributed by atoms with E-state index in [2.05, 4.69) is 10.6 Å². The van der Waals surface area contributed by atoms with Gasteiger partial charge in [-0.1, -0.05) is 45.2 Å². The van der Waals surface area contributed by atoms with Crippen molar-refractivity contribution < 1.29 is 37.8 Å². The summed E-state index contributed by atoms with van der Waals surface area (Å²) in [4.78, 5) is 75.5. The van der Waals surface area contributed by atoms with Crippen molar-refractivity contribution in [2.45, 2.75) is 162 Å². The first-order chi connectivity index (χ1) is 25.9. The highest BCUT2D eigenvalue weighted by Gasteiger charge is 2.51. The Balaban J connectivity index is 1.68. The second-order valence-corrected chi connectivity index (χ2v) is 19.4. The molecule has 0 aromatic heterocycles. The minimum atomic E-state index is -1.23. The zero-order valence-corrected chi connectivity index (χ0v) is 35.8. The maximum Gasteiger partial charge on any atom is 0.411 e. The van der Waals surface area contributed by atoms with Crippen LogP contribution in [0.2, 0.25) is 0 Å². The lowest BCUT2D eigenvalue weighted by Gasteiger charge is -2.49. The van der Waals surface area contributed by atoms with Crippen molar-refractivity contribution >= 4 is 29.9 Å². The number of benzene rings is 1. The van der Waals surface area contributed by atoms with E-state index < -0.39 is 64.2 Å². The number of hydrogen-bond donors (Lipinski definition) is 2. The molecular formula is C43H68FN5O7. The van der Waals surface area contributed by atoms with Gasteiger partial charge in [-0.25, -0.2) is 14.0 Å². The van der Waals surface area contributed by atoms with Gasteiger partial charge in [0.05, 0.1) is 11.5 Å². The number of carbonyl (C=O) groups is 5. The Morgan fingerprint density at radius 1 is 0.786 bits per heavy atom. The van der Waals surface area contributed by atoms with E-state index in [-0.39, 0.29) is 43.2 Å². The van der Waals surface area contributed by atoms with E-state index in [4.69, 9.17) is 9.47 Å². The fraction of sp³-hybridized carbons (Fsp3) is 0.744. The molecule has 1 aromatic rings. The summed E-state index contributed by atoms with van der Waals surface area (Å²) in [6.45, 7) is 20.9. The molecule has 2 N–H and O–H groups in total. The second-order valence-electron chi connectivity index (χ2n) is 19.4. The summed E-state index contributed by atoms with van der Waals surface area (Å²) < 4.78 is 25.5. The molecule has 1 saturated carbocycles. The number of ether oxygens (including phenoxy) is 2. The van der Waals surface area contributed by atoms with Crippen LogP contribution >= 0.6 is 0 Å². The van der Waals surface area contributed by atoms with Crippen LogP contribution in [0.3, 0.4) is 0 Å². The fourth-order valence-electron chi connectivity index (χ4n) is 8.54. The van der Waals surface area contributed by atoms with Gasteiger partial charge in [-0.2, -0.15) is 0 Å². The summed E-state index contributed by atoms with van der Waals surface area (Å²) in [6.07, 6.45) is 4.99. The normalized spacial score (nSPS) is 21.6. The predicted molar refractivity (Wildman–Crippen MR) is 213 cm³/mol. The van der Waals surface area contributed by atoms with Crippen LogP contribution in [0.4, 0.5) is 14.0 Å². The molecule has 0 radical (unpaired) electrons. The summed E-state index contributed by atoms with van der Waals surface area (Å²) in [5.41, 5.74) is -2.05. The Bertz CT molecular complexity index is 1550. The highest BCUT2D eigenvalue weighted by Crippen LogP contribution is 2.46. The smallest absolute Gasteiger partial charge is 0.411 e. The van der Waals surface area contributed by atoms with E-state index >= 15 is 0 Å². The van der Waals surface area contributed by atoms with Crippen LogP contribution in [0.5, 0.6) is 0 Å². The second kappa shape index (κ2) is 17.7. The summed E-state index contributed by atoms with van der Waals surface area (Å²) in [5.74, 6) is -1.45. The van der Waals surface area contributed by atoms with Crippen molar-refractivity contribution in [1.29, 1.82) is 0 Å². The molecule has 2 aliphatic heterocycles. The van der Waals surface area contributed by atoms with Gasteiger partial charge < -0.3 is 29.9 Å². The number of amides is 5. The van der Waals surface area contributed by atoms with Gasteiger partial charge in [0.1, 0.15) is 29.1 Å². The number of carbonyl (C=O) groups excluding carboxylic acids is 5. The molecule has 3 fully saturated rings. The number of likely N-dealkylation sites (tertiary alicyclic amines) is 1. The van der Waals surface area contributed by atoms with Crippen molar-refractivity contribution in [2.75, 3.05) is 26.2 Å². The molecule has 12 nitrogen and oxygen atoms in total. The molecular weight excluding hydrogens is 717 g/mol. The van der Waals surface area contributed by atoms with Crippen LogP contribution < -0.4 is 10.6 Å². The topological polar surface area (TPSA) is 138 Å². The number of rotatable bonds is 8. The summed E-state index contributed by atoms with van der Waals surface area (Å²) in [7, 11) is 0. The van der Waals surface area contributed by atoms with Gasteiger partial charge >= 0.3 is 12.2 Å². The summed E-state index contributed by atoms with van der Waals surface area (Å²) in [6, 6.07) is 2.64. The first-order valence-electron chi connectivity index (χ1n) is 20.6. The van der Waals surface area contributed by atoms with E-state index in [1.54, 1.807) is 58.6 Å². The number of hydrogen-bond acceptors (Lipinski definition) is 7. The lowest BCUT2D eigenvalue weighted by molar-refractivity contribution is -0.148. The number of piperazine rings is 1. The molecule has 1 aliphatic carbocycles. The Labute approximate surface area is 333 Å². The monoisotopic (exact) mass is 786 g/mol. The zero-order chi connectivity index (χ0) is 41.8. The Morgan fingerprint density at radius 3 is 1.80 bits per heavy atom. The highest BCUT2D eigenvalue weighted by atomic mass is 19.1. The lowest BCUT2D eigenvalue weighted by Crippen LogP contribution is -2.69. The van der Waals surface area contributed by atoms with Crippen molar-refractivity contribution in [3.05, 3.63) is 35.6 Å². The molecule has 2 heterocycles. The summed E-state index contributed by atoms with van der Waals surface area (Å²) in [5, 5.41) is 6.24. The molecule has 3 atom stereocenters. The molecule has 2 saturated heterocycles. The van der Waals surface area contributed by atoms with Gasteiger partial charge in [0.2, 0.25) is 17.7 Å². The largest absolute Gasteiger partial charge is 0.444 e. The third-order valence-electron chi connectivity index (χ3n) is 11.1. The van der Waals surface area contributed by atoms with Crippen molar-refractivity contribution in [2.24, 2.45) is 17.3 Å². The van der Waals surface area contributed by atoms with E-state index in [1.807, 2.05) is 34.6 Å². The van der Waals surface area contributed by atoms with Crippen LogP contribution in [0.25, 0.3) is 0 Å². The van der Waals surface area contributed by atoms with Crippen LogP contribution in [0.15, 0.2) is 24.3 Å². The molecule has 1 aromatic carbocycles. The van der Waals surface area contributed by atoms with E-state index in [0.29, 0.717) is 31.5 Å². The number of nitrogens with one attached hydrogen (secondary N) is 2. The van der Waals surface area contributed by atoms with Gasteiger partial charge in [0.15, 0.2) is 0 Å². The van der Waals surface area contributed by atoms with Crippen LogP contribution in [-0.4, -0.2) is 106 Å². The Kier molecular flexibility index (Phi) is 14.2. The summed E-state index contributed by atoms with van der Waals surface area (Å²) >= 11 is 0. The lowest BCUT2D eigenvalue weighted by atomic mass is 9.63. The Morgan fingerprint density at radius 2 is 1.30 bits per heavy atom. The molecule has 2 unspecified atom stereocenters. The minimum Gasteiger partial charge on any atom is -0.444 e. The Hall–Kier alpha value is -3.90. The van der Waals surface area contributed by atoms with Gasteiger partial charge in [0, 0.05) is 38.1 Å². The van der Waals surface area contributed by atoms with Gasteiger partial charge in [0.25, 0.3) is 0 Å². The average molecular weight is 786 g/mol. The third kappa shape index (κ3) is 11.6. The van der Waals surface area contributed by atoms with Crippen molar-refractivity contribution in [3.63, 3.8) is 0 Å². The van der Waals surface area contributed by atoms with E-state index in [1.165, 1.54) is 21.9 Å². The number of nitrogens with zero attached hydrogens (tertiary/aromatic N) is 3. The standard InChI is InChI=1S/C43H68FN5O7/c1-28(2)33-34(49(39(54)56-42(9,10)11)26-25-48(33)38(53)55-41(6,7)8)35(50)45-32(27-29-17-19-31(44)20-18-29)36(51)47-23-21-43(22-24-47,30-15-13-12-14-16-30)37(52)46-40(3,4)5/h17-20,28,30,32-34H,12-16,21-27H2,1-11H3,(H,45,50)(H,46,52)/t32-,33?,34?/m1/s1. The van der Waals surface area contributed by atoms with E-state index in [0.717, 1.165) is 32.1 Å². The predicted octanol–water partition coefficient (Wildman–Crippen LogP) is 6.84. The maximum atomic E-state index is 14.8. The first kappa shape index (κ1) is 44.8. The quantitative estimate of drug-likeness (QED) is 0.295. The molecule has 3 aliphatic rings. The zero-order valence-electron chi connectivity index (χ0n) is 35.8. The SMILES string of the molecule is CC(C)C1C(C(=O)N[C@H](Cc2ccc(F)cc2)C(=O)N2CCC(C(=O)NC(C)(C)C)(C3CCCCC3)CC2)N(C(=O)OC(C)(C)C)CCN1C(=O)OC(C)(C)C. The van der Waals surface area contributed by atoms with E-state index in [9.17, 15) is 28.4 Å². The molecule has 5 amide bonds. The molecule has 56 heavy (non-hydrogen) atoms. The van der Waals surface area contributed by atoms with Gasteiger partial charge in [-0.15, -0.1) is 0 Å². The third-order valence-corrected chi connectivity index (χ3v) is 11.1. The average Bonchev–Trinajstić information content (AvgIpc) is 3.09. The number of halogens is 1. The maximum absolute atomic E-state index is 14.8. The molecule has 13 heteroatoms. The van der Waals surface area contributed by atoms with Gasteiger partial charge in [-0.3, -0.25) is 19.3 Å². The van der Waals surface area contributed by atoms with Crippen molar-refractivity contribution in [3.8, 4) is 0 Å². The minimum absolute atomic E-state index is 0.00194. The molecule has 4 rings (SSSR count). The number of piperidine rings is 1. The fourth-order valence-corrected chi connectivity index (χ4v) is 8.54. The highest BCUT2D eigenvalue weighted by molar-refractivity contribution is 5.93. The van der Waals surface area contributed by atoms with Gasteiger partial charge in [-0.05, 0) is 118 Å². The molecule has 0 bridgehead atoms. The molecule has 314 valence electrons. The van der Waals surface area contributed by atoms with Crippen LogP contribution in [0.1, 0.15) is 127 Å². The van der Waals surface area contributed by atoms with Crippen LogP contribution in [-0.2, 0) is 30.3 Å². The van der Waals surface area contributed by atoms with Crippen LogP contribution in [0, 0.1) is 23.1 Å². The van der Waals surface area contributed by atoms with Crippen molar-refractivity contribution in [1.82, 2.24) is 25.3 Å². The first-order valence-corrected chi connectivity index (χ1v) is 20.6.